The Morgan fingerprint density at radius 2 is 0.957 bits per heavy atom. The molecule has 23 heavy (non-hydrogen) atoms. The van der Waals surface area contributed by atoms with Crippen LogP contribution < -0.4 is 0 Å². The molecule has 0 aliphatic carbocycles. The summed E-state index contributed by atoms with van der Waals surface area (Å²) >= 11 is 0. The van der Waals surface area contributed by atoms with Crippen LogP contribution in [0.2, 0.25) is 0 Å². The molecule has 7 heteroatoms. The fourth-order valence-electron chi connectivity index (χ4n) is 1.33. The summed E-state index contributed by atoms with van der Waals surface area (Å²) in [5, 5.41) is 20.3. The molecule has 6 nitrogen and oxygen atoms in total. The first-order valence-electron chi connectivity index (χ1n) is 5.82. The van der Waals surface area contributed by atoms with E-state index in [1.807, 2.05) is 0 Å². The van der Waals surface area contributed by atoms with Crippen molar-refractivity contribution in [3.05, 3.63) is 92.7 Å². The zero-order chi connectivity index (χ0) is 16.5. The first-order chi connectivity index (χ1) is 10.5. The smallest absolute Gasteiger partial charge is 0.366 e. The van der Waals surface area contributed by atoms with Crippen LogP contribution in [-0.2, 0) is 21.1 Å². The fraction of sp³-hybridized carbons (Fsp3) is 0. The fourth-order valence-corrected chi connectivity index (χ4v) is 1.33. The summed E-state index contributed by atoms with van der Waals surface area (Å²) in [5.41, 5.74) is 1.14. The molecule has 0 unspecified atom stereocenters. The first-order valence-corrected chi connectivity index (χ1v) is 5.82. The summed E-state index contributed by atoms with van der Waals surface area (Å²) in [6, 6.07) is 11.3. The molecule has 0 bridgehead atoms. The monoisotopic (exact) mass is 487 g/mol. The van der Waals surface area contributed by atoms with E-state index in [1.54, 1.807) is 0 Å². The summed E-state index contributed by atoms with van der Waals surface area (Å²) in [6.45, 7) is 0. The van der Waals surface area contributed by atoms with Gasteiger partial charge in [0.25, 0.3) is 11.4 Å². The predicted molar refractivity (Wildman–Crippen MR) is 78.7 cm³/mol. The van der Waals surface area contributed by atoms with Crippen LogP contribution in [0.25, 0.3) is 0 Å². The Kier molecular flexibility index (Phi) is 8.62. The number of nitro groups is 2. The van der Waals surface area contributed by atoms with E-state index < -0.39 is 9.85 Å². The van der Waals surface area contributed by atoms with Crippen LogP contribution in [0, 0.1) is 44.9 Å². The Bertz CT molecular complexity index is 689. The van der Waals surface area contributed by atoms with Crippen molar-refractivity contribution >= 4 is 11.4 Å². The van der Waals surface area contributed by atoms with Gasteiger partial charge in [-0.1, -0.05) is 0 Å². The molecule has 0 fully saturated rings. The molecule has 0 heterocycles. The van der Waals surface area contributed by atoms with Gasteiger partial charge in [0.1, 0.15) is 0 Å². The molecule has 0 aliphatic rings. The zero-order valence-electron chi connectivity index (χ0n) is 11.5. The van der Waals surface area contributed by atoms with E-state index in [2.05, 4.69) is 11.8 Å². The quantitative estimate of drug-likeness (QED) is 0.282. The predicted octanol–water partition coefficient (Wildman–Crippen LogP) is 3.06. The number of non-ortho nitro benzene ring substituents is 2. The second-order valence-corrected chi connectivity index (χ2v) is 3.86. The van der Waals surface area contributed by atoms with E-state index >= 15 is 0 Å². The van der Waals surface area contributed by atoms with Crippen molar-refractivity contribution < 1.29 is 30.9 Å². The Hall–Kier alpha value is -2.95. The van der Waals surface area contributed by atoms with Crippen LogP contribution in [0.15, 0.2) is 48.5 Å². The average Bonchev–Trinajstić information content (AvgIpc) is 2.55. The van der Waals surface area contributed by atoms with Crippen molar-refractivity contribution in [2.45, 2.75) is 0 Å². The Morgan fingerprint density at radius 1 is 0.696 bits per heavy atom. The maximum Gasteiger partial charge on any atom is 2.00 e. The minimum atomic E-state index is -0.478. The third-order valence-electron chi connectivity index (χ3n) is 2.44. The van der Waals surface area contributed by atoms with Gasteiger partial charge < -0.3 is 12.8 Å². The van der Waals surface area contributed by atoms with Gasteiger partial charge in [0.15, 0.2) is 0 Å². The molecule has 0 spiro atoms. The maximum absolute atomic E-state index is 10.1. The molecule has 0 saturated carbocycles. The summed E-state index contributed by atoms with van der Waals surface area (Å²) in [4.78, 5) is 19.3. The number of nitrogens with zero attached hydrogens (tertiary/aromatic N) is 2. The number of nitro benzene ring substituents is 2. The van der Waals surface area contributed by atoms with E-state index in [9.17, 15) is 20.2 Å². The van der Waals surface area contributed by atoms with Crippen LogP contribution >= 0.6 is 0 Å². The van der Waals surface area contributed by atoms with Crippen LogP contribution in [0.5, 0.6) is 0 Å². The van der Waals surface area contributed by atoms with Gasteiger partial charge in [-0.3, -0.25) is 32.1 Å². The minimum Gasteiger partial charge on any atom is -0.366 e. The first kappa shape index (κ1) is 20.0. The molecule has 2 aromatic carbocycles. The van der Waals surface area contributed by atoms with Gasteiger partial charge in [-0.15, -0.1) is 35.4 Å². The maximum atomic E-state index is 10.1. The summed E-state index contributed by atoms with van der Waals surface area (Å²) in [6.07, 6.45) is 13.4. The molecule has 0 aliphatic heterocycles. The molecule has 0 N–H and O–H groups in total. The van der Waals surface area contributed by atoms with Gasteiger partial charge in [-0.25, -0.2) is 0 Å². The van der Waals surface area contributed by atoms with Gasteiger partial charge in [-0.05, 0) is 24.3 Å². The van der Waals surface area contributed by atoms with Gasteiger partial charge >= 0.3 is 21.1 Å². The van der Waals surface area contributed by atoms with Crippen molar-refractivity contribution in [3.63, 3.8) is 0 Å². The Morgan fingerprint density at radius 3 is 1.13 bits per heavy atom. The van der Waals surface area contributed by atoms with Crippen molar-refractivity contribution in [1.29, 1.82) is 0 Å². The molecular weight excluding hydrogens is 479 g/mol. The number of hydrogen-bond donors (Lipinski definition) is 0. The molecule has 0 saturated heterocycles. The van der Waals surface area contributed by atoms with Gasteiger partial charge in [0, 0.05) is 0 Å². The van der Waals surface area contributed by atoms with E-state index in [4.69, 9.17) is 12.8 Å². The third kappa shape index (κ3) is 6.56. The standard InChI is InChI=1S/2C8H4NO2.Pt/c2*1-2-7-3-5-8(6-4-7)9(10)11;/h2*3-6H;/q2*-1;+2. The molecular formula is C16H8N2O4Pt. The topological polar surface area (TPSA) is 86.3 Å². The second kappa shape index (κ2) is 9.89. The number of hydrogen-bond acceptors (Lipinski definition) is 4. The molecule has 116 valence electrons. The summed E-state index contributed by atoms with van der Waals surface area (Å²) in [7, 11) is 0. The largest absolute Gasteiger partial charge is 2.00 e. The van der Waals surface area contributed by atoms with Crippen LogP contribution in [0.4, 0.5) is 11.4 Å². The zero-order valence-corrected chi connectivity index (χ0v) is 13.7. The third-order valence-corrected chi connectivity index (χ3v) is 2.44. The normalized spacial score (nSPS) is 8.26. The number of benzene rings is 2. The van der Waals surface area contributed by atoms with E-state index in [1.165, 1.54) is 48.5 Å². The van der Waals surface area contributed by atoms with Crippen molar-refractivity contribution in [1.82, 2.24) is 0 Å². The molecule has 2 rings (SSSR count). The Labute approximate surface area is 147 Å². The SMILES string of the molecule is [C-]#Cc1ccc([N+](=O)[O-])cc1.[C-]#Cc1ccc([N+](=O)[O-])cc1.[Pt+2]. The summed E-state index contributed by atoms with van der Waals surface area (Å²) in [5.74, 6) is 4.24. The van der Waals surface area contributed by atoms with Crippen LogP contribution in [0.3, 0.4) is 0 Å². The average molecular weight is 487 g/mol. The second-order valence-electron chi connectivity index (χ2n) is 3.86. The molecule has 0 amide bonds. The van der Waals surface area contributed by atoms with Gasteiger partial charge in [0.2, 0.25) is 0 Å². The Balaban J connectivity index is 0.000000403. The van der Waals surface area contributed by atoms with Crippen LogP contribution in [-0.4, -0.2) is 9.85 Å². The van der Waals surface area contributed by atoms with Crippen molar-refractivity contribution in [2.24, 2.45) is 0 Å². The molecule has 0 aromatic heterocycles. The molecule has 0 atom stereocenters. The number of rotatable bonds is 2. The minimum absolute atomic E-state index is 0. The van der Waals surface area contributed by atoms with Gasteiger partial charge in [0.05, 0.1) is 9.85 Å². The van der Waals surface area contributed by atoms with E-state index in [0.717, 1.165) is 0 Å². The van der Waals surface area contributed by atoms with E-state index in [-0.39, 0.29) is 32.4 Å². The molecule has 2 aromatic rings. The molecule has 0 radical (unpaired) electrons. The van der Waals surface area contributed by atoms with Crippen molar-refractivity contribution in [3.8, 4) is 11.8 Å². The van der Waals surface area contributed by atoms with Crippen molar-refractivity contribution in [2.75, 3.05) is 0 Å². The summed E-state index contributed by atoms with van der Waals surface area (Å²) < 4.78 is 0. The van der Waals surface area contributed by atoms with Crippen LogP contribution in [0.1, 0.15) is 11.1 Å². The van der Waals surface area contributed by atoms with E-state index in [0.29, 0.717) is 11.1 Å². The van der Waals surface area contributed by atoms with Gasteiger partial charge in [-0.2, -0.15) is 0 Å².